The average Bonchev–Trinajstić information content (AvgIpc) is 2.76. The minimum absolute atomic E-state index is 0.0237. The number of fused-ring (bicyclic) bond motifs is 1. The van der Waals surface area contributed by atoms with E-state index < -0.39 is 10.9 Å². The zero-order valence-corrected chi connectivity index (χ0v) is 15.7. The fraction of sp³-hybridized carbons (Fsp3) is 0.136. The zero-order chi connectivity index (χ0) is 20.8. The van der Waals surface area contributed by atoms with Gasteiger partial charge in [0.05, 0.1) is 24.2 Å². The van der Waals surface area contributed by atoms with Gasteiger partial charge in [-0.25, -0.2) is 4.79 Å². The van der Waals surface area contributed by atoms with Crippen LogP contribution in [0.2, 0.25) is 0 Å². The SMILES string of the molecule is COC(=O)c1ccc(/C=C(\CO)COc2c([N+](=O)[O-])ccc3ccccc23)cc1. The molecule has 0 aliphatic heterocycles. The van der Waals surface area contributed by atoms with Crippen LogP contribution in [0, 0.1) is 10.1 Å². The molecule has 0 amide bonds. The van der Waals surface area contributed by atoms with E-state index in [1.54, 1.807) is 48.5 Å². The van der Waals surface area contributed by atoms with Crippen LogP contribution < -0.4 is 4.74 Å². The Labute approximate surface area is 167 Å². The van der Waals surface area contributed by atoms with Crippen molar-refractivity contribution in [3.63, 3.8) is 0 Å². The molecular formula is C22H19NO6. The number of nitro groups is 1. The van der Waals surface area contributed by atoms with Gasteiger partial charge in [0.2, 0.25) is 5.75 Å². The van der Waals surface area contributed by atoms with Gasteiger partial charge in [0, 0.05) is 11.5 Å². The van der Waals surface area contributed by atoms with Gasteiger partial charge in [-0.05, 0) is 34.7 Å². The lowest BCUT2D eigenvalue weighted by molar-refractivity contribution is -0.385. The number of methoxy groups -OCH3 is 1. The number of benzene rings is 3. The number of nitrogens with zero attached hydrogens (tertiary/aromatic N) is 1. The monoisotopic (exact) mass is 393 g/mol. The molecule has 29 heavy (non-hydrogen) atoms. The number of aliphatic hydroxyl groups excluding tert-OH is 1. The molecule has 7 heteroatoms. The van der Waals surface area contributed by atoms with Gasteiger partial charge in [0.15, 0.2) is 0 Å². The lowest BCUT2D eigenvalue weighted by Crippen LogP contribution is -2.07. The third-order valence-electron chi connectivity index (χ3n) is 4.36. The third kappa shape index (κ3) is 4.59. The highest BCUT2D eigenvalue weighted by Gasteiger charge is 2.18. The van der Waals surface area contributed by atoms with E-state index in [1.165, 1.54) is 13.2 Å². The zero-order valence-electron chi connectivity index (χ0n) is 15.7. The second-order valence-corrected chi connectivity index (χ2v) is 6.26. The van der Waals surface area contributed by atoms with E-state index in [0.29, 0.717) is 16.5 Å². The maximum absolute atomic E-state index is 11.5. The first-order valence-corrected chi connectivity index (χ1v) is 8.81. The Morgan fingerprint density at radius 2 is 1.83 bits per heavy atom. The summed E-state index contributed by atoms with van der Waals surface area (Å²) in [5, 5.41) is 22.5. The molecule has 0 heterocycles. The van der Waals surface area contributed by atoms with E-state index in [0.717, 1.165) is 10.9 Å². The Kier molecular flexibility index (Phi) is 6.21. The van der Waals surface area contributed by atoms with E-state index >= 15 is 0 Å². The number of nitro benzene ring substituents is 1. The quantitative estimate of drug-likeness (QED) is 0.370. The first-order valence-electron chi connectivity index (χ1n) is 8.81. The van der Waals surface area contributed by atoms with Crippen molar-refractivity contribution in [2.45, 2.75) is 0 Å². The normalized spacial score (nSPS) is 11.3. The van der Waals surface area contributed by atoms with Crippen molar-refractivity contribution in [2.75, 3.05) is 20.3 Å². The van der Waals surface area contributed by atoms with Gasteiger partial charge >= 0.3 is 11.7 Å². The van der Waals surface area contributed by atoms with Crippen molar-refractivity contribution >= 4 is 28.5 Å². The summed E-state index contributed by atoms with van der Waals surface area (Å²) in [5.74, 6) is -0.275. The van der Waals surface area contributed by atoms with Crippen LogP contribution in [0.4, 0.5) is 5.69 Å². The average molecular weight is 393 g/mol. The molecule has 0 unspecified atom stereocenters. The van der Waals surface area contributed by atoms with Crippen molar-refractivity contribution in [3.05, 3.63) is 87.5 Å². The van der Waals surface area contributed by atoms with Gasteiger partial charge in [-0.15, -0.1) is 0 Å². The van der Waals surface area contributed by atoms with Crippen molar-refractivity contribution < 1.29 is 24.3 Å². The van der Waals surface area contributed by atoms with E-state index in [-0.39, 0.29) is 24.7 Å². The van der Waals surface area contributed by atoms with E-state index in [4.69, 9.17) is 4.74 Å². The van der Waals surface area contributed by atoms with Gasteiger partial charge in [0.25, 0.3) is 0 Å². The highest BCUT2D eigenvalue weighted by atomic mass is 16.6. The van der Waals surface area contributed by atoms with Crippen LogP contribution in [-0.4, -0.2) is 36.3 Å². The number of hydrogen-bond acceptors (Lipinski definition) is 6. The molecule has 0 saturated heterocycles. The molecule has 0 saturated carbocycles. The summed E-state index contributed by atoms with van der Waals surface area (Å²) in [7, 11) is 1.31. The summed E-state index contributed by atoms with van der Waals surface area (Å²) in [5.41, 5.74) is 1.55. The molecule has 0 aromatic heterocycles. The van der Waals surface area contributed by atoms with Gasteiger partial charge in [-0.2, -0.15) is 0 Å². The summed E-state index contributed by atoms with van der Waals surface area (Å²) in [6.45, 7) is -0.304. The van der Waals surface area contributed by atoms with Crippen LogP contribution in [0.15, 0.2) is 66.2 Å². The predicted molar refractivity (Wildman–Crippen MR) is 109 cm³/mol. The minimum atomic E-state index is -0.490. The molecule has 148 valence electrons. The molecule has 0 aliphatic rings. The molecule has 7 nitrogen and oxygen atoms in total. The van der Waals surface area contributed by atoms with Gasteiger partial charge in [-0.3, -0.25) is 10.1 Å². The van der Waals surface area contributed by atoms with Crippen molar-refractivity contribution in [1.29, 1.82) is 0 Å². The summed E-state index contributed by atoms with van der Waals surface area (Å²) in [6.07, 6.45) is 1.71. The molecule has 0 radical (unpaired) electrons. The molecule has 3 aromatic rings. The maximum Gasteiger partial charge on any atom is 0.337 e. The number of rotatable bonds is 7. The third-order valence-corrected chi connectivity index (χ3v) is 4.36. The molecule has 3 rings (SSSR count). The van der Waals surface area contributed by atoms with Crippen LogP contribution in [0.3, 0.4) is 0 Å². The number of carbonyl (C=O) groups excluding carboxylic acids is 1. The first-order chi connectivity index (χ1) is 14.0. The van der Waals surface area contributed by atoms with Crippen molar-refractivity contribution in [3.8, 4) is 5.75 Å². The molecule has 0 aliphatic carbocycles. The fourth-order valence-corrected chi connectivity index (χ4v) is 2.89. The van der Waals surface area contributed by atoms with Gasteiger partial charge in [-0.1, -0.05) is 42.5 Å². The number of carbonyl (C=O) groups is 1. The van der Waals surface area contributed by atoms with E-state index in [1.807, 2.05) is 12.1 Å². The largest absolute Gasteiger partial charge is 0.482 e. The molecule has 0 fully saturated rings. The maximum atomic E-state index is 11.5. The molecule has 3 aromatic carbocycles. The topological polar surface area (TPSA) is 98.9 Å². The van der Waals surface area contributed by atoms with Gasteiger partial charge < -0.3 is 14.6 Å². The second-order valence-electron chi connectivity index (χ2n) is 6.26. The number of esters is 1. The van der Waals surface area contributed by atoms with Crippen LogP contribution in [-0.2, 0) is 4.74 Å². The Bertz CT molecular complexity index is 1070. The first kappa shape index (κ1) is 20.0. The highest BCUT2D eigenvalue weighted by Crippen LogP contribution is 2.35. The Morgan fingerprint density at radius 1 is 1.10 bits per heavy atom. The lowest BCUT2D eigenvalue weighted by atomic mass is 10.1. The molecule has 1 N–H and O–H groups in total. The van der Waals surface area contributed by atoms with Crippen LogP contribution in [0.5, 0.6) is 5.75 Å². The lowest BCUT2D eigenvalue weighted by Gasteiger charge is -2.11. The standard InChI is InChI=1S/C22H19NO6/c1-28-22(25)18-8-6-15(7-9-18)12-16(13-24)14-29-21-19-5-3-2-4-17(19)10-11-20(21)23(26)27/h2-12,24H,13-14H2,1H3/b16-12+. The predicted octanol–water partition coefficient (Wildman–Crippen LogP) is 3.99. The van der Waals surface area contributed by atoms with Crippen LogP contribution in [0.1, 0.15) is 15.9 Å². The Balaban J connectivity index is 1.85. The second kappa shape index (κ2) is 8.99. The Morgan fingerprint density at radius 3 is 2.48 bits per heavy atom. The van der Waals surface area contributed by atoms with Gasteiger partial charge in [0.1, 0.15) is 6.61 Å². The van der Waals surface area contributed by atoms with Crippen LogP contribution >= 0.6 is 0 Å². The molecule has 0 bridgehead atoms. The number of hydrogen-bond donors (Lipinski definition) is 1. The minimum Gasteiger partial charge on any atom is -0.482 e. The summed E-state index contributed by atoms with van der Waals surface area (Å²) < 4.78 is 10.4. The molecule has 0 atom stereocenters. The van der Waals surface area contributed by atoms with Crippen LogP contribution in [0.25, 0.3) is 16.8 Å². The van der Waals surface area contributed by atoms with Crippen molar-refractivity contribution in [1.82, 2.24) is 0 Å². The van der Waals surface area contributed by atoms with E-state index in [9.17, 15) is 20.0 Å². The molecule has 0 spiro atoms. The summed E-state index contributed by atoms with van der Waals surface area (Å²) in [6, 6.07) is 17.0. The number of ether oxygens (including phenoxy) is 2. The van der Waals surface area contributed by atoms with Crippen molar-refractivity contribution in [2.24, 2.45) is 0 Å². The summed E-state index contributed by atoms with van der Waals surface area (Å²) in [4.78, 5) is 22.4. The fourth-order valence-electron chi connectivity index (χ4n) is 2.89. The van der Waals surface area contributed by atoms with E-state index in [2.05, 4.69) is 4.74 Å². The highest BCUT2D eigenvalue weighted by molar-refractivity contribution is 5.92. The number of aliphatic hydroxyl groups is 1. The smallest absolute Gasteiger partial charge is 0.337 e. The Hall–Kier alpha value is -3.71. The summed E-state index contributed by atoms with van der Waals surface area (Å²) >= 11 is 0. The molecular weight excluding hydrogens is 374 g/mol.